The maximum absolute atomic E-state index is 5.28. The molecule has 3 nitrogen and oxygen atoms in total. The number of nitrogens with zero attached hydrogens (tertiary/aromatic N) is 3. The predicted octanol–water partition coefficient (Wildman–Crippen LogP) is 8.34. The highest BCUT2D eigenvalue weighted by molar-refractivity contribution is 5.87. The Labute approximate surface area is 213 Å². The van der Waals surface area contributed by atoms with E-state index in [1.807, 2.05) is 0 Å². The van der Waals surface area contributed by atoms with Gasteiger partial charge in [0.15, 0.2) is 0 Å². The molecule has 5 aromatic rings. The largest absolute Gasteiger partial charge is 0.278 e. The lowest BCUT2D eigenvalue weighted by Crippen LogP contribution is -2.26. The van der Waals surface area contributed by atoms with Crippen molar-refractivity contribution in [2.75, 3.05) is 4.90 Å². The van der Waals surface area contributed by atoms with E-state index in [9.17, 15) is 0 Å². The summed E-state index contributed by atoms with van der Waals surface area (Å²) in [5.41, 5.74) is 13.2. The average Bonchev–Trinajstić information content (AvgIpc) is 2.89. The Kier molecular flexibility index (Phi) is 5.22. The van der Waals surface area contributed by atoms with E-state index in [0.717, 1.165) is 35.9 Å². The number of pyridine rings is 2. The maximum atomic E-state index is 5.28. The van der Waals surface area contributed by atoms with Crippen molar-refractivity contribution in [2.24, 2.45) is 0 Å². The summed E-state index contributed by atoms with van der Waals surface area (Å²) in [6.45, 7) is 4.30. The number of para-hydroxylation sites is 1. The zero-order valence-corrected chi connectivity index (χ0v) is 19.9. The van der Waals surface area contributed by atoms with E-state index in [0.29, 0.717) is 0 Å². The number of aryl methyl sites for hydroxylation is 2. The molecule has 0 amide bonds. The van der Waals surface area contributed by atoms with Crippen LogP contribution in [0.15, 0.2) is 91.0 Å². The number of aromatic nitrogens is 2. The molecule has 0 atom stereocenters. The fraction of sp³-hybridized carbons (Fsp3) is 0.152. The third-order valence-electron chi connectivity index (χ3n) is 7.37. The first-order chi connectivity index (χ1) is 17.2. The molecule has 0 bridgehead atoms. The summed E-state index contributed by atoms with van der Waals surface area (Å²) < 4.78 is 0. The topological polar surface area (TPSA) is 29.0 Å². The quantitative estimate of drug-likeness (QED) is 0.256. The Balaban J connectivity index is 0.00000240. The molecule has 3 aromatic carbocycles. The second-order valence-electron chi connectivity index (χ2n) is 9.60. The average molecular weight is 468 g/mol. The third kappa shape index (κ3) is 3.35. The fourth-order valence-corrected chi connectivity index (χ4v) is 5.58. The molecule has 2 aliphatic rings. The molecule has 0 N–H and O–H groups in total. The second kappa shape index (κ2) is 8.46. The SMILES string of the molecule is C.Cc1ccccc1-c1ccc2c(n1)N1c3nc(-c4ccccc4C)ccc3Cc3cccc(c31)C2. The van der Waals surface area contributed by atoms with E-state index >= 15 is 0 Å². The van der Waals surface area contributed by atoms with Crippen molar-refractivity contribution in [1.29, 1.82) is 0 Å². The van der Waals surface area contributed by atoms with Gasteiger partial charge in [-0.15, -0.1) is 0 Å². The normalized spacial score (nSPS) is 12.8. The Morgan fingerprint density at radius 1 is 0.528 bits per heavy atom. The van der Waals surface area contributed by atoms with Crippen LogP contribution in [-0.4, -0.2) is 9.97 Å². The molecule has 0 fully saturated rings. The first kappa shape index (κ1) is 22.2. The van der Waals surface area contributed by atoms with Crippen LogP contribution in [0.2, 0.25) is 0 Å². The minimum absolute atomic E-state index is 0. The smallest absolute Gasteiger partial charge is 0.143 e. The lowest BCUT2D eigenvalue weighted by atomic mass is 9.88. The lowest BCUT2D eigenvalue weighted by Gasteiger charge is -2.37. The van der Waals surface area contributed by atoms with Crippen LogP contribution < -0.4 is 4.90 Å². The lowest BCUT2D eigenvalue weighted by molar-refractivity contribution is 0.958. The molecule has 0 saturated carbocycles. The minimum atomic E-state index is 0. The maximum Gasteiger partial charge on any atom is 0.143 e. The van der Waals surface area contributed by atoms with E-state index in [1.165, 1.54) is 50.2 Å². The van der Waals surface area contributed by atoms with Crippen LogP contribution in [0.25, 0.3) is 22.5 Å². The number of fused-ring (bicyclic) bond motifs is 4. The summed E-state index contributed by atoms with van der Waals surface area (Å²) in [6.07, 6.45) is 1.78. The van der Waals surface area contributed by atoms with E-state index < -0.39 is 0 Å². The van der Waals surface area contributed by atoms with Gasteiger partial charge in [0.1, 0.15) is 11.6 Å². The van der Waals surface area contributed by atoms with Gasteiger partial charge < -0.3 is 0 Å². The van der Waals surface area contributed by atoms with Crippen LogP contribution in [0, 0.1) is 13.8 Å². The van der Waals surface area contributed by atoms with E-state index in [-0.39, 0.29) is 7.43 Å². The first-order valence-corrected chi connectivity index (χ1v) is 12.2. The highest BCUT2D eigenvalue weighted by Crippen LogP contribution is 2.49. The molecule has 2 aromatic heterocycles. The second-order valence-corrected chi connectivity index (χ2v) is 9.60. The molecule has 0 spiro atoms. The van der Waals surface area contributed by atoms with E-state index in [1.54, 1.807) is 0 Å². The molecule has 0 saturated heterocycles. The highest BCUT2D eigenvalue weighted by Gasteiger charge is 2.33. The molecular formula is C33H29N3. The molecule has 176 valence electrons. The van der Waals surface area contributed by atoms with Crippen molar-refractivity contribution in [3.8, 4) is 22.5 Å². The zero-order chi connectivity index (χ0) is 23.5. The predicted molar refractivity (Wildman–Crippen MR) is 149 cm³/mol. The van der Waals surface area contributed by atoms with Crippen LogP contribution in [0.4, 0.5) is 17.3 Å². The van der Waals surface area contributed by atoms with Gasteiger partial charge in [0.05, 0.1) is 17.1 Å². The van der Waals surface area contributed by atoms with Crippen molar-refractivity contribution in [2.45, 2.75) is 34.1 Å². The number of hydrogen-bond donors (Lipinski definition) is 0. The van der Waals surface area contributed by atoms with Gasteiger partial charge in [0.2, 0.25) is 0 Å². The van der Waals surface area contributed by atoms with Crippen molar-refractivity contribution in [1.82, 2.24) is 9.97 Å². The van der Waals surface area contributed by atoms with Crippen molar-refractivity contribution in [3.05, 3.63) is 124 Å². The molecule has 4 heterocycles. The summed E-state index contributed by atoms with van der Waals surface area (Å²) in [5, 5.41) is 0. The molecular weight excluding hydrogens is 438 g/mol. The first-order valence-electron chi connectivity index (χ1n) is 12.2. The number of rotatable bonds is 2. The summed E-state index contributed by atoms with van der Waals surface area (Å²) in [4.78, 5) is 12.9. The number of hydrogen-bond acceptors (Lipinski definition) is 3. The Morgan fingerprint density at radius 3 is 1.47 bits per heavy atom. The molecule has 0 aliphatic carbocycles. The van der Waals surface area contributed by atoms with Gasteiger partial charge >= 0.3 is 0 Å². The summed E-state index contributed by atoms with van der Waals surface area (Å²) in [7, 11) is 0. The van der Waals surface area contributed by atoms with Gasteiger partial charge in [0.25, 0.3) is 0 Å². The van der Waals surface area contributed by atoms with E-state index in [4.69, 9.17) is 9.97 Å². The number of benzene rings is 3. The van der Waals surface area contributed by atoms with Crippen LogP contribution in [0.5, 0.6) is 0 Å². The standard InChI is InChI=1S/C32H25N3.CH4/c1-20-8-3-5-12-26(20)28-16-14-24-18-22-10-7-11-23-19-25-15-17-29(27-13-6-4-9-21(27)2)34-32(25)35(30(22)23)31(24)33-28;/h3-17H,18-19H2,1-2H3;1H4. The van der Waals surface area contributed by atoms with Crippen LogP contribution in [0.1, 0.15) is 40.8 Å². The Bertz CT molecular complexity index is 1520. The van der Waals surface area contributed by atoms with Crippen LogP contribution >= 0.6 is 0 Å². The molecule has 0 radical (unpaired) electrons. The summed E-state index contributed by atoms with van der Waals surface area (Å²) in [6, 6.07) is 32.5. The van der Waals surface area contributed by atoms with Crippen molar-refractivity contribution < 1.29 is 0 Å². The van der Waals surface area contributed by atoms with Crippen LogP contribution in [0.3, 0.4) is 0 Å². The monoisotopic (exact) mass is 467 g/mol. The Hall–Kier alpha value is -4.24. The van der Waals surface area contributed by atoms with Gasteiger partial charge in [-0.2, -0.15) is 0 Å². The van der Waals surface area contributed by atoms with E-state index in [2.05, 4.69) is 110 Å². The van der Waals surface area contributed by atoms with Gasteiger partial charge in [-0.1, -0.05) is 86.3 Å². The third-order valence-corrected chi connectivity index (χ3v) is 7.37. The van der Waals surface area contributed by atoms with Crippen molar-refractivity contribution >= 4 is 17.3 Å². The molecule has 0 unspecified atom stereocenters. The van der Waals surface area contributed by atoms with Gasteiger partial charge in [0, 0.05) is 24.0 Å². The number of anilines is 3. The van der Waals surface area contributed by atoms with Crippen LogP contribution in [-0.2, 0) is 12.8 Å². The minimum Gasteiger partial charge on any atom is -0.278 e. The van der Waals surface area contributed by atoms with Crippen molar-refractivity contribution in [3.63, 3.8) is 0 Å². The van der Waals surface area contributed by atoms with Gasteiger partial charge in [-0.05, 0) is 59.4 Å². The fourth-order valence-electron chi connectivity index (χ4n) is 5.58. The summed E-state index contributed by atoms with van der Waals surface area (Å²) in [5.74, 6) is 2.00. The Morgan fingerprint density at radius 2 is 1.00 bits per heavy atom. The molecule has 2 aliphatic heterocycles. The highest BCUT2D eigenvalue weighted by atomic mass is 15.3. The zero-order valence-electron chi connectivity index (χ0n) is 19.9. The molecule has 36 heavy (non-hydrogen) atoms. The molecule has 7 rings (SSSR count). The molecule has 3 heteroatoms. The van der Waals surface area contributed by atoms with Gasteiger partial charge in [-0.3, -0.25) is 4.90 Å². The van der Waals surface area contributed by atoms with Gasteiger partial charge in [-0.25, -0.2) is 9.97 Å². The summed E-state index contributed by atoms with van der Waals surface area (Å²) >= 11 is 0.